The van der Waals surface area contributed by atoms with Gasteiger partial charge in [0.2, 0.25) is 0 Å². The van der Waals surface area contributed by atoms with Crippen LogP contribution in [0, 0.1) is 17.0 Å². The molecular formula is C7H13N3O3. The normalized spacial score (nSPS) is 8.77. The van der Waals surface area contributed by atoms with Crippen molar-refractivity contribution in [3.05, 3.63) is 27.8 Å². The Bertz CT molecular complexity index is 255. The third-order valence-electron chi connectivity index (χ3n) is 1.25. The maximum atomic E-state index is 8.36. The Morgan fingerprint density at radius 1 is 1.77 bits per heavy atom. The van der Waals surface area contributed by atoms with E-state index in [1.54, 1.807) is 0 Å². The van der Waals surface area contributed by atoms with E-state index in [2.05, 4.69) is 16.9 Å². The molecule has 1 aromatic heterocycles. The zero-order valence-corrected chi connectivity index (χ0v) is 7.65. The van der Waals surface area contributed by atoms with Crippen LogP contribution in [0.15, 0.2) is 6.20 Å². The lowest BCUT2D eigenvalue weighted by molar-refractivity contribution is -0.742. The van der Waals surface area contributed by atoms with Crippen molar-refractivity contribution in [2.45, 2.75) is 26.7 Å². The first-order valence-corrected chi connectivity index (χ1v) is 3.90. The Balaban J connectivity index is 0.000000310. The van der Waals surface area contributed by atoms with Crippen LogP contribution in [-0.2, 0) is 6.42 Å². The molecule has 0 aromatic carbocycles. The Kier molecular flexibility index (Phi) is 5.25. The predicted molar refractivity (Wildman–Crippen MR) is 46.1 cm³/mol. The molecule has 0 amide bonds. The van der Waals surface area contributed by atoms with Crippen molar-refractivity contribution in [3.63, 3.8) is 0 Å². The Labute approximate surface area is 75.7 Å². The molecule has 0 atom stereocenters. The van der Waals surface area contributed by atoms with Gasteiger partial charge in [0.25, 0.3) is 5.09 Å². The molecule has 2 N–H and O–H groups in total. The number of aromatic amines is 1. The van der Waals surface area contributed by atoms with Crippen LogP contribution in [-0.4, -0.2) is 20.3 Å². The zero-order valence-electron chi connectivity index (χ0n) is 7.65. The van der Waals surface area contributed by atoms with Crippen molar-refractivity contribution in [2.24, 2.45) is 0 Å². The van der Waals surface area contributed by atoms with Crippen molar-refractivity contribution < 1.29 is 10.3 Å². The molecule has 0 unspecified atom stereocenters. The number of aromatic nitrogens is 2. The number of aryl methyl sites for hydroxylation is 2. The lowest BCUT2D eigenvalue weighted by Crippen LogP contribution is -1.84. The molecule has 0 aliphatic rings. The van der Waals surface area contributed by atoms with E-state index in [-0.39, 0.29) is 0 Å². The maximum absolute atomic E-state index is 8.36. The largest absolute Gasteiger partial charge is 0.348 e. The smallest absolute Gasteiger partial charge is 0.291 e. The first-order chi connectivity index (χ1) is 6.06. The molecule has 1 aromatic rings. The second-order valence-corrected chi connectivity index (χ2v) is 2.48. The van der Waals surface area contributed by atoms with Gasteiger partial charge in [-0.25, -0.2) is 4.98 Å². The minimum atomic E-state index is -1.50. The molecule has 0 radical (unpaired) electrons. The van der Waals surface area contributed by atoms with Gasteiger partial charge in [-0.05, 0) is 13.3 Å². The number of nitrogens with one attached hydrogen (secondary N) is 1. The van der Waals surface area contributed by atoms with Gasteiger partial charge in [-0.3, -0.25) is 0 Å². The van der Waals surface area contributed by atoms with Gasteiger partial charge in [0.15, 0.2) is 0 Å². The number of H-pyrrole nitrogens is 1. The zero-order chi connectivity index (χ0) is 10.3. The summed E-state index contributed by atoms with van der Waals surface area (Å²) in [6.45, 7) is 4.15. The third kappa shape index (κ3) is 6.79. The van der Waals surface area contributed by atoms with Crippen LogP contribution in [0.25, 0.3) is 0 Å². The first kappa shape index (κ1) is 11.4. The van der Waals surface area contributed by atoms with Crippen LogP contribution in [0.5, 0.6) is 0 Å². The van der Waals surface area contributed by atoms with Gasteiger partial charge < -0.3 is 10.2 Å². The molecule has 0 bridgehead atoms. The number of nitrogens with zero attached hydrogens (tertiary/aromatic N) is 2. The molecule has 0 aliphatic carbocycles. The number of hydrogen-bond donors (Lipinski definition) is 2. The molecule has 0 spiro atoms. The van der Waals surface area contributed by atoms with E-state index in [0.717, 1.165) is 24.4 Å². The number of hydrogen-bond acceptors (Lipinski definition) is 3. The minimum absolute atomic E-state index is 1.06. The van der Waals surface area contributed by atoms with Crippen molar-refractivity contribution in [1.82, 2.24) is 9.97 Å². The highest BCUT2D eigenvalue weighted by Gasteiger charge is 1.92. The summed E-state index contributed by atoms with van der Waals surface area (Å²) >= 11 is 0. The van der Waals surface area contributed by atoms with E-state index >= 15 is 0 Å². The molecule has 0 fully saturated rings. The van der Waals surface area contributed by atoms with Crippen LogP contribution in [0.1, 0.15) is 24.9 Å². The molecule has 0 saturated heterocycles. The van der Waals surface area contributed by atoms with Gasteiger partial charge in [0.1, 0.15) is 5.82 Å². The summed E-state index contributed by atoms with van der Waals surface area (Å²) in [5, 5.41) is 13.6. The van der Waals surface area contributed by atoms with E-state index in [0.29, 0.717) is 0 Å². The Morgan fingerprint density at radius 3 is 2.62 bits per heavy atom. The highest BCUT2D eigenvalue weighted by atomic mass is 16.9. The molecule has 6 heteroatoms. The van der Waals surface area contributed by atoms with Gasteiger partial charge >= 0.3 is 0 Å². The van der Waals surface area contributed by atoms with Crippen LogP contribution in [0.4, 0.5) is 0 Å². The lowest BCUT2D eigenvalue weighted by Gasteiger charge is -1.86. The fourth-order valence-corrected chi connectivity index (χ4v) is 0.830. The van der Waals surface area contributed by atoms with Crippen LogP contribution >= 0.6 is 0 Å². The number of imidazole rings is 1. The van der Waals surface area contributed by atoms with Crippen molar-refractivity contribution >= 4 is 0 Å². The summed E-state index contributed by atoms with van der Waals surface area (Å²) in [4.78, 5) is 15.7. The van der Waals surface area contributed by atoms with Gasteiger partial charge in [0.05, 0.1) is 5.69 Å². The van der Waals surface area contributed by atoms with Crippen molar-refractivity contribution in [3.8, 4) is 0 Å². The Hall–Kier alpha value is -1.59. The quantitative estimate of drug-likeness (QED) is 0.539. The van der Waals surface area contributed by atoms with Gasteiger partial charge in [-0.2, -0.15) is 0 Å². The monoisotopic (exact) mass is 187 g/mol. The fraction of sp³-hybridized carbons (Fsp3) is 0.571. The average molecular weight is 187 g/mol. The topological polar surface area (TPSA) is 92.0 Å². The summed E-state index contributed by atoms with van der Waals surface area (Å²) < 4.78 is 0. The molecule has 1 heterocycles. The molecule has 6 nitrogen and oxygen atoms in total. The first-order valence-electron chi connectivity index (χ1n) is 3.90. The lowest BCUT2D eigenvalue weighted by atomic mass is 10.3. The van der Waals surface area contributed by atoms with Crippen molar-refractivity contribution in [2.75, 3.05) is 0 Å². The van der Waals surface area contributed by atoms with E-state index in [4.69, 9.17) is 15.3 Å². The van der Waals surface area contributed by atoms with Crippen LogP contribution in [0.3, 0.4) is 0 Å². The summed E-state index contributed by atoms with van der Waals surface area (Å²) in [5.41, 5.74) is 1.08. The maximum Gasteiger partial charge on any atom is 0.291 e. The molecule has 13 heavy (non-hydrogen) atoms. The van der Waals surface area contributed by atoms with Crippen LogP contribution < -0.4 is 0 Å². The Morgan fingerprint density at radius 2 is 2.31 bits per heavy atom. The molecule has 0 aliphatic heterocycles. The fourth-order valence-electron chi connectivity index (χ4n) is 0.830. The van der Waals surface area contributed by atoms with E-state index in [1.165, 1.54) is 0 Å². The summed E-state index contributed by atoms with van der Waals surface area (Å²) in [5.74, 6) is 1.11. The molecular weight excluding hydrogens is 174 g/mol. The van der Waals surface area contributed by atoms with Crippen LogP contribution in [0.2, 0.25) is 0 Å². The average Bonchev–Trinajstić information content (AvgIpc) is 2.35. The van der Waals surface area contributed by atoms with Gasteiger partial charge in [-0.15, -0.1) is 10.1 Å². The van der Waals surface area contributed by atoms with E-state index in [1.807, 2.05) is 13.1 Å². The predicted octanol–water partition coefficient (Wildman–Crippen LogP) is 1.32. The second-order valence-electron chi connectivity index (χ2n) is 2.48. The molecule has 1 rings (SSSR count). The van der Waals surface area contributed by atoms with Gasteiger partial charge in [-0.1, -0.05) is 6.92 Å². The second kappa shape index (κ2) is 5.99. The highest BCUT2D eigenvalue weighted by Crippen LogP contribution is 1.96. The van der Waals surface area contributed by atoms with E-state index < -0.39 is 5.09 Å². The third-order valence-corrected chi connectivity index (χ3v) is 1.25. The standard InChI is InChI=1S/C7H12N2.HNO3/c1-3-4-7-8-5-6(2)9-7;2-1(3)4/h5H,3-4H2,1-2H3,(H,8,9);(H,2,3,4). The van der Waals surface area contributed by atoms with Crippen molar-refractivity contribution in [1.29, 1.82) is 0 Å². The molecule has 74 valence electrons. The summed E-state index contributed by atoms with van der Waals surface area (Å²) in [7, 11) is 0. The summed E-state index contributed by atoms with van der Waals surface area (Å²) in [6, 6.07) is 0. The van der Waals surface area contributed by atoms with Gasteiger partial charge in [0, 0.05) is 12.6 Å². The SMILES string of the molecule is CCCc1nc(C)c[nH]1.O=[N+]([O-])O. The summed E-state index contributed by atoms with van der Waals surface area (Å²) in [6.07, 6.45) is 4.16. The molecule has 0 saturated carbocycles. The number of rotatable bonds is 2. The van der Waals surface area contributed by atoms with E-state index in [9.17, 15) is 0 Å². The highest BCUT2D eigenvalue weighted by molar-refractivity contribution is 4.97. The minimum Gasteiger partial charge on any atom is -0.348 e.